The Hall–Kier alpha value is -2.82. The molecule has 22 heavy (non-hydrogen) atoms. The van der Waals surface area contributed by atoms with Crippen molar-refractivity contribution in [1.29, 1.82) is 0 Å². The number of aromatic nitrogens is 3. The van der Waals surface area contributed by atoms with Gasteiger partial charge >= 0.3 is 0 Å². The predicted octanol–water partition coefficient (Wildman–Crippen LogP) is 3.50. The molecule has 5 heteroatoms. The fourth-order valence-electron chi connectivity index (χ4n) is 2.39. The number of hydrogen-bond acceptors (Lipinski definition) is 3. The van der Waals surface area contributed by atoms with Crippen LogP contribution in [0.4, 0.5) is 4.39 Å². The molecule has 0 N–H and O–H groups in total. The van der Waals surface area contributed by atoms with Gasteiger partial charge in [-0.2, -0.15) is 0 Å². The van der Waals surface area contributed by atoms with Gasteiger partial charge in [-0.15, -0.1) is 5.10 Å². The summed E-state index contributed by atoms with van der Waals surface area (Å²) < 4.78 is 15.7. The van der Waals surface area contributed by atoms with Crippen LogP contribution in [0.25, 0.3) is 16.9 Å². The summed E-state index contributed by atoms with van der Waals surface area (Å²) in [6, 6.07) is 12.2. The third-order valence-corrected chi connectivity index (χ3v) is 3.53. The van der Waals surface area contributed by atoms with Gasteiger partial charge in [-0.05, 0) is 43.2 Å². The molecule has 0 atom stereocenters. The van der Waals surface area contributed by atoms with Crippen molar-refractivity contribution >= 4 is 6.29 Å². The average molecular weight is 295 g/mol. The first-order valence-corrected chi connectivity index (χ1v) is 6.85. The minimum atomic E-state index is -0.417. The fraction of sp³-hybridized carbons (Fsp3) is 0.118. The molecule has 0 aliphatic carbocycles. The van der Waals surface area contributed by atoms with Crippen molar-refractivity contribution in [2.45, 2.75) is 13.8 Å². The molecule has 1 heterocycles. The van der Waals surface area contributed by atoms with Crippen LogP contribution in [0.3, 0.4) is 0 Å². The van der Waals surface area contributed by atoms with Gasteiger partial charge in [-0.3, -0.25) is 4.79 Å². The summed E-state index contributed by atoms with van der Waals surface area (Å²) in [6.45, 7) is 3.89. The molecule has 3 aromatic rings. The summed E-state index contributed by atoms with van der Waals surface area (Å²) >= 11 is 0. The highest BCUT2D eigenvalue weighted by Gasteiger charge is 2.19. The number of hydrogen-bond donors (Lipinski definition) is 0. The molecule has 1 aromatic heterocycles. The summed E-state index contributed by atoms with van der Waals surface area (Å²) in [7, 11) is 0. The van der Waals surface area contributed by atoms with Crippen LogP contribution in [-0.4, -0.2) is 21.3 Å². The van der Waals surface area contributed by atoms with Crippen molar-refractivity contribution in [2.75, 3.05) is 0 Å². The highest BCUT2D eigenvalue weighted by molar-refractivity contribution is 5.84. The number of carbonyl (C=O) groups is 1. The van der Waals surface area contributed by atoms with Crippen molar-refractivity contribution in [3.8, 4) is 16.9 Å². The first-order valence-electron chi connectivity index (χ1n) is 6.85. The van der Waals surface area contributed by atoms with Crippen LogP contribution in [0.1, 0.15) is 21.6 Å². The molecule has 0 radical (unpaired) electrons. The van der Waals surface area contributed by atoms with Crippen LogP contribution >= 0.6 is 0 Å². The fourth-order valence-corrected chi connectivity index (χ4v) is 2.39. The number of aldehydes is 1. The number of carbonyl (C=O) groups excluding carboxylic acids is 1. The highest BCUT2D eigenvalue weighted by atomic mass is 19.1. The van der Waals surface area contributed by atoms with E-state index in [-0.39, 0.29) is 5.69 Å². The Bertz CT molecular complexity index is 855. The molecule has 0 aliphatic rings. The smallest absolute Gasteiger partial charge is 0.172 e. The Morgan fingerprint density at radius 2 is 1.91 bits per heavy atom. The van der Waals surface area contributed by atoms with Crippen molar-refractivity contribution < 1.29 is 9.18 Å². The van der Waals surface area contributed by atoms with Gasteiger partial charge in [0, 0.05) is 5.56 Å². The third kappa shape index (κ3) is 2.30. The van der Waals surface area contributed by atoms with E-state index in [1.807, 2.05) is 32.0 Å². The van der Waals surface area contributed by atoms with Gasteiger partial charge < -0.3 is 0 Å². The molecule has 0 unspecified atom stereocenters. The van der Waals surface area contributed by atoms with E-state index in [9.17, 15) is 9.18 Å². The quantitative estimate of drug-likeness (QED) is 0.695. The monoisotopic (exact) mass is 295 g/mol. The lowest BCUT2D eigenvalue weighted by Gasteiger charge is -2.11. The number of benzene rings is 2. The van der Waals surface area contributed by atoms with Crippen molar-refractivity contribution in [3.05, 3.63) is 65.1 Å². The van der Waals surface area contributed by atoms with Gasteiger partial charge in [-0.25, -0.2) is 9.07 Å². The normalized spacial score (nSPS) is 10.7. The molecule has 0 fully saturated rings. The number of nitrogens with zero attached hydrogens (tertiary/aromatic N) is 3. The van der Waals surface area contributed by atoms with Gasteiger partial charge in [-0.1, -0.05) is 29.5 Å². The van der Waals surface area contributed by atoms with Gasteiger partial charge in [0.15, 0.2) is 12.0 Å². The van der Waals surface area contributed by atoms with E-state index in [4.69, 9.17) is 0 Å². The maximum absolute atomic E-state index is 14.2. The first-order chi connectivity index (χ1) is 10.6. The molecule has 4 nitrogen and oxygen atoms in total. The van der Waals surface area contributed by atoms with Crippen LogP contribution in [0.15, 0.2) is 42.5 Å². The molecule has 110 valence electrons. The molecule has 2 aromatic carbocycles. The maximum Gasteiger partial charge on any atom is 0.172 e. The first kappa shape index (κ1) is 14.1. The Labute approximate surface area is 127 Å². The van der Waals surface area contributed by atoms with E-state index < -0.39 is 5.82 Å². The van der Waals surface area contributed by atoms with E-state index in [1.165, 1.54) is 10.7 Å². The van der Waals surface area contributed by atoms with Crippen LogP contribution in [-0.2, 0) is 0 Å². The van der Waals surface area contributed by atoms with Crippen LogP contribution in [0.2, 0.25) is 0 Å². The SMILES string of the molecule is Cc1ccc(C)c(-n2nnc(C=O)c2-c2ccccc2F)c1. The largest absolute Gasteiger partial charge is 0.296 e. The van der Waals surface area contributed by atoms with Gasteiger partial charge in [0.25, 0.3) is 0 Å². The zero-order valence-electron chi connectivity index (χ0n) is 12.2. The molecule has 3 rings (SSSR count). The van der Waals surface area contributed by atoms with Crippen molar-refractivity contribution in [3.63, 3.8) is 0 Å². The van der Waals surface area contributed by atoms with Crippen molar-refractivity contribution in [1.82, 2.24) is 15.0 Å². The maximum atomic E-state index is 14.2. The van der Waals surface area contributed by atoms with Crippen LogP contribution in [0.5, 0.6) is 0 Å². The minimum Gasteiger partial charge on any atom is -0.296 e. The third-order valence-electron chi connectivity index (χ3n) is 3.53. The highest BCUT2D eigenvalue weighted by Crippen LogP contribution is 2.28. The zero-order valence-corrected chi connectivity index (χ0v) is 12.2. The summed E-state index contributed by atoms with van der Waals surface area (Å²) in [6.07, 6.45) is 0.594. The molecule has 0 amide bonds. The number of rotatable bonds is 3. The van der Waals surface area contributed by atoms with Gasteiger partial charge in [0.2, 0.25) is 0 Å². The second-order valence-corrected chi connectivity index (χ2v) is 5.12. The molecule has 0 spiro atoms. The van der Waals surface area contributed by atoms with Crippen LogP contribution < -0.4 is 0 Å². The van der Waals surface area contributed by atoms with Crippen LogP contribution in [0, 0.1) is 19.7 Å². The Balaban J connectivity index is 2.31. The summed E-state index contributed by atoms with van der Waals surface area (Å²) in [5, 5.41) is 7.92. The molecule has 0 bridgehead atoms. The average Bonchev–Trinajstić information content (AvgIpc) is 2.93. The molecule has 0 saturated carbocycles. The molecular formula is C17H14FN3O. The molecule has 0 saturated heterocycles. The van der Waals surface area contributed by atoms with Gasteiger partial charge in [0.05, 0.1) is 5.69 Å². The Kier molecular flexibility index (Phi) is 3.55. The lowest BCUT2D eigenvalue weighted by molar-refractivity contribution is 0.111. The Morgan fingerprint density at radius 1 is 1.14 bits per heavy atom. The predicted molar refractivity (Wildman–Crippen MR) is 81.6 cm³/mol. The lowest BCUT2D eigenvalue weighted by atomic mass is 10.1. The second kappa shape index (κ2) is 5.52. The van der Waals surface area contributed by atoms with E-state index in [1.54, 1.807) is 18.2 Å². The number of aryl methyl sites for hydroxylation is 2. The van der Waals surface area contributed by atoms with Crippen molar-refractivity contribution in [2.24, 2.45) is 0 Å². The van der Waals surface area contributed by atoms with E-state index in [2.05, 4.69) is 10.3 Å². The Morgan fingerprint density at radius 3 is 2.64 bits per heavy atom. The zero-order chi connectivity index (χ0) is 15.7. The van der Waals surface area contributed by atoms with Gasteiger partial charge in [0.1, 0.15) is 11.5 Å². The number of halogens is 1. The standard InChI is InChI=1S/C17H14FN3O/c1-11-7-8-12(2)16(9-11)21-17(15(10-22)19-20-21)13-5-3-4-6-14(13)18/h3-10H,1-2H3. The summed E-state index contributed by atoms with van der Waals surface area (Å²) in [5.74, 6) is -0.417. The van der Waals surface area contributed by atoms with E-state index >= 15 is 0 Å². The molecule has 0 aliphatic heterocycles. The topological polar surface area (TPSA) is 47.8 Å². The minimum absolute atomic E-state index is 0.117. The van der Waals surface area contributed by atoms with E-state index in [0.29, 0.717) is 17.5 Å². The summed E-state index contributed by atoms with van der Waals surface area (Å²) in [5.41, 5.74) is 3.57. The molecular weight excluding hydrogens is 281 g/mol. The lowest BCUT2D eigenvalue weighted by Crippen LogP contribution is -2.03. The second-order valence-electron chi connectivity index (χ2n) is 5.12. The summed E-state index contributed by atoms with van der Waals surface area (Å²) in [4.78, 5) is 11.3. The van der Waals surface area contributed by atoms with E-state index in [0.717, 1.165) is 16.8 Å².